The Hall–Kier alpha value is -3.14. The SMILES string of the molecule is CC1CC(C)(C)N(C)c2ccc(/C=N/NC(=O)c3ccc4ccccc4c3)cc21. The van der Waals surface area contributed by atoms with E-state index in [1.165, 1.54) is 11.3 Å². The lowest BCUT2D eigenvalue weighted by Crippen LogP contribution is -2.45. The van der Waals surface area contributed by atoms with Gasteiger partial charge in [0, 0.05) is 23.8 Å². The van der Waals surface area contributed by atoms with Crippen LogP contribution in [-0.2, 0) is 0 Å². The maximum absolute atomic E-state index is 12.4. The second-order valence-electron chi connectivity index (χ2n) is 8.56. The van der Waals surface area contributed by atoms with Crippen LogP contribution in [0.1, 0.15) is 54.6 Å². The molecule has 1 unspecified atom stereocenters. The van der Waals surface area contributed by atoms with Gasteiger partial charge in [-0.15, -0.1) is 0 Å². The van der Waals surface area contributed by atoms with E-state index in [9.17, 15) is 4.79 Å². The van der Waals surface area contributed by atoms with Gasteiger partial charge >= 0.3 is 0 Å². The molecule has 4 nitrogen and oxygen atoms in total. The molecule has 4 rings (SSSR count). The number of hydrogen-bond donors (Lipinski definition) is 1. The van der Waals surface area contributed by atoms with Gasteiger partial charge in [0.25, 0.3) is 5.91 Å². The molecule has 0 spiro atoms. The maximum Gasteiger partial charge on any atom is 0.271 e. The molecule has 1 aliphatic heterocycles. The first kappa shape index (κ1) is 19.2. The lowest BCUT2D eigenvalue weighted by molar-refractivity contribution is 0.0955. The average Bonchev–Trinajstić information content (AvgIpc) is 2.71. The maximum atomic E-state index is 12.4. The summed E-state index contributed by atoms with van der Waals surface area (Å²) in [5.74, 6) is 0.275. The van der Waals surface area contributed by atoms with Gasteiger partial charge in [0.15, 0.2) is 0 Å². The summed E-state index contributed by atoms with van der Waals surface area (Å²) in [4.78, 5) is 14.8. The van der Waals surface area contributed by atoms with E-state index in [1.807, 2.05) is 42.5 Å². The van der Waals surface area contributed by atoms with Gasteiger partial charge in [-0.05, 0) is 72.4 Å². The molecular weight excluding hydrogens is 358 g/mol. The van der Waals surface area contributed by atoms with Crippen LogP contribution in [0.25, 0.3) is 10.8 Å². The van der Waals surface area contributed by atoms with E-state index in [4.69, 9.17) is 0 Å². The topological polar surface area (TPSA) is 44.7 Å². The molecule has 148 valence electrons. The van der Waals surface area contributed by atoms with E-state index >= 15 is 0 Å². The summed E-state index contributed by atoms with van der Waals surface area (Å²) in [5.41, 5.74) is 6.98. The highest BCUT2D eigenvalue weighted by atomic mass is 16.2. The highest BCUT2D eigenvalue weighted by Gasteiger charge is 2.33. The largest absolute Gasteiger partial charge is 0.369 e. The molecule has 0 aliphatic carbocycles. The Morgan fingerprint density at radius 1 is 1.10 bits per heavy atom. The summed E-state index contributed by atoms with van der Waals surface area (Å²) in [6.07, 6.45) is 2.82. The van der Waals surface area contributed by atoms with E-state index in [2.05, 4.69) is 61.4 Å². The Kier molecular flexibility index (Phi) is 4.87. The minimum Gasteiger partial charge on any atom is -0.369 e. The fourth-order valence-corrected chi connectivity index (χ4v) is 4.24. The number of carbonyl (C=O) groups is 1. The zero-order valence-corrected chi connectivity index (χ0v) is 17.4. The molecular formula is C25H27N3O. The molecule has 4 heteroatoms. The van der Waals surface area contributed by atoms with Crippen molar-refractivity contribution in [3.63, 3.8) is 0 Å². The van der Waals surface area contributed by atoms with Crippen molar-refractivity contribution in [1.82, 2.24) is 5.43 Å². The quantitative estimate of drug-likeness (QED) is 0.489. The van der Waals surface area contributed by atoms with Crippen molar-refractivity contribution < 1.29 is 4.79 Å². The number of nitrogens with one attached hydrogen (secondary N) is 1. The van der Waals surface area contributed by atoms with Crippen LogP contribution in [0.2, 0.25) is 0 Å². The number of nitrogens with zero attached hydrogens (tertiary/aromatic N) is 2. The Morgan fingerprint density at radius 3 is 2.66 bits per heavy atom. The van der Waals surface area contributed by atoms with Crippen LogP contribution in [-0.4, -0.2) is 24.7 Å². The third-order valence-corrected chi connectivity index (χ3v) is 6.05. The molecule has 1 atom stereocenters. The van der Waals surface area contributed by atoms with Gasteiger partial charge in [0.05, 0.1) is 6.21 Å². The third-order valence-electron chi connectivity index (χ3n) is 6.05. The Balaban J connectivity index is 1.49. The van der Waals surface area contributed by atoms with Crippen LogP contribution >= 0.6 is 0 Å². The van der Waals surface area contributed by atoms with Crippen molar-refractivity contribution in [1.29, 1.82) is 0 Å². The molecule has 0 aromatic heterocycles. The first-order chi connectivity index (χ1) is 13.8. The molecule has 1 N–H and O–H groups in total. The number of hydrogen-bond acceptors (Lipinski definition) is 3. The van der Waals surface area contributed by atoms with E-state index in [-0.39, 0.29) is 11.4 Å². The normalized spacial score (nSPS) is 18.1. The molecule has 1 heterocycles. The van der Waals surface area contributed by atoms with Crippen LogP contribution in [0.5, 0.6) is 0 Å². The van der Waals surface area contributed by atoms with Gasteiger partial charge in [-0.3, -0.25) is 4.79 Å². The zero-order chi connectivity index (χ0) is 20.6. The second-order valence-corrected chi connectivity index (χ2v) is 8.56. The van der Waals surface area contributed by atoms with Crippen molar-refractivity contribution in [2.24, 2.45) is 5.10 Å². The summed E-state index contributed by atoms with van der Waals surface area (Å²) < 4.78 is 0. The van der Waals surface area contributed by atoms with Crippen molar-refractivity contribution >= 4 is 28.6 Å². The highest BCUT2D eigenvalue weighted by Crippen LogP contribution is 2.42. The van der Waals surface area contributed by atoms with Gasteiger partial charge in [0.1, 0.15) is 0 Å². The molecule has 0 bridgehead atoms. The number of benzene rings is 3. The lowest BCUT2D eigenvalue weighted by atomic mass is 9.80. The fourth-order valence-electron chi connectivity index (χ4n) is 4.24. The van der Waals surface area contributed by atoms with Crippen LogP contribution < -0.4 is 10.3 Å². The van der Waals surface area contributed by atoms with Crippen LogP contribution in [0, 0.1) is 0 Å². The van der Waals surface area contributed by atoms with Crippen molar-refractivity contribution in [2.75, 3.05) is 11.9 Å². The molecule has 0 saturated carbocycles. The molecule has 0 radical (unpaired) electrons. The van der Waals surface area contributed by atoms with Crippen LogP contribution in [0.3, 0.4) is 0 Å². The van der Waals surface area contributed by atoms with Crippen molar-refractivity contribution in [3.8, 4) is 0 Å². The van der Waals surface area contributed by atoms with Gasteiger partial charge in [-0.25, -0.2) is 5.43 Å². The standard InChI is InChI=1S/C25H27N3O/c1-17-15-25(2,3)28(4)23-12-9-18(13-22(17)23)16-26-27-24(29)21-11-10-19-7-5-6-8-20(19)14-21/h5-14,16-17H,15H2,1-4H3,(H,27,29)/b26-16+. The molecule has 3 aromatic carbocycles. The number of anilines is 1. The first-order valence-corrected chi connectivity index (χ1v) is 10.1. The van der Waals surface area contributed by atoms with Gasteiger partial charge < -0.3 is 4.90 Å². The highest BCUT2D eigenvalue weighted by molar-refractivity contribution is 5.99. The Bertz CT molecular complexity index is 1100. The van der Waals surface area contributed by atoms with Crippen molar-refractivity contribution in [2.45, 2.75) is 38.6 Å². The summed E-state index contributed by atoms with van der Waals surface area (Å²) in [7, 11) is 2.16. The first-order valence-electron chi connectivity index (χ1n) is 10.1. The number of hydrazone groups is 1. The molecule has 29 heavy (non-hydrogen) atoms. The number of carbonyl (C=O) groups excluding carboxylic acids is 1. The van der Waals surface area contributed by atoms with Crippen LogP contribution in [0.15, 0.2) is 65.8 Å². The lowest BCUT2D eigenvalue weighted by Gasteiger charge is -2.45. The predicted octanol–water partition coefficient (Wildman–Crippen LogP) is 5.33. The number of rotatable bonds is 3. The monoisotopic (exact) mass is 385 g/mol. The Labute approximate surface area is 172 Å². The van der Waals surface area contributed by atoms with E-state index in [1.54, 1.807) is 6.21 Å². The number of amides is 1. The fraction of sp³-hybridized carbons (Fsp3) is 0.280. The molecule has 1 aliphatic rings. The summed E-state index contributed by atoms with van der Waals surface area (Å²) in [6, 6.07) is 20.0. The summed E-state index contributed by atoms with van der Waals surface area (Å²) in [5, 5.41) is 6.34. The van der Waals surface area contributed by atoms with Crippen LogP contribution in [0.4, 0.5) is 5.69 Å². The van der Waals surface area contributed by atoms with Gasteiger partial charge in [-0.1, -0.05) is 43.3 Å². The summed E-state index contributed by atoms with van der Waals surface area (Å²) >= 11 is 0. The van der Waals surface area contributed by atoms with E-state index in [0.29, 0.717) is 11.5 Å². The average molecular weight is 386 g/mol. The second kappa shape index (κ2) is 7.36. The zero-order valence-electron chi connectivity index (χ0n) is 17.4. The predicted molar refractivity (Wildman–Crippen MR) is 121 cm³/mol. The minimum atomic E-state index is -0.209. The Morgan fingerprint density at radius 2 is 1.86 bits per heavy atom. The third kappa shape index (κ3) is 3.75. The summed E-state index contributed by atoms with van der Waals surface area (Å²) in [6.45, 7) is 6.84. The molecule has 0 fully saturated rings. The van der Waals surface area contributed by atoms with Gasteiger partial charge in [-0.2, -0.15) is 5.10 Å². The molecule has 0 saturated heterocycles. The smallest absolute Gasteiger partial charge is 0.271 e. The number of fused-ring (bicyclic) bond motifs is 2. The van der Waals surface area contributed by atoms with E-state index < -0.39 is 0 Å². The molecule has 3 aromatic rings. The van der Waals surface area contributed by atoms with Crippen molar-refractivity contribution in [3.05, 3.63) is 77.4 Å². The molecule has 1 amide bonds. The van der Waals surface area contributed by atoms with Gasteiger partial charge in [0.2, 0.25) is 0 Å². The minimum absolute atomic E-state index is 0.149. The van der Waals surface area contributed by atoms with E-state index in [0.717, 1.165) is 22.8 Å².